The second-order valence-electron chi connectivity index (χ2n) is 5.88. The Morgan fingerprint density at radius 3 is 2.45 bits per heavy atom. The molecule has 0 N–H and O–H groups in total. The third kappa shape index (κ3) is 1.58. The summed E-state index contributed by atoms with van der Waals surface area (Å²) in [5.74, 6) is -0.129. The fourth-order valence-electron chi connectivity index (χ4n) is 3.34. The van der Waals surface area contributed by atoms with Crippen LogP contribution in [0.4, 0.5) is 5.69 Å². The van der Waals surface area contributed by atoms with Gasteiger partial charge >= 0.3 is 0 Å². The van der Waals surface area contributed by atoms with E-state index in [1.807, 2.05) is 36.4 Å². The summed E-state index contributed by atoms with van der Waals surface area (Å²) in [5, 5.41) is 0. The Hall–Kier alpha value is -2.62. The lowest BCUT2D eigenvalue weighted by molar-refractivity contribution is -0.122. The highest BCUT2D eigenvalue weighted by Gasteiger charge is 2.38. The Labute approximate surface area is 129 Å². The van der Waals surface area contributed by atoms with Crippen LogP contribution in [-0.4, -0.2) is 29.8 Å². The molecule has 0 spiro atoms. The molecule has 2 aliphatic heterocycles. The molecule has 2 amide bonds. The fourth-order valence-corrected chi connectivity index (χ4v) is 3.34. The summed E-state index contributed by atoms with van der Waals surface area (Å²) < 4.78 is 0. The molecule has 0 saturated heterocycles. The molecule has 2 heterocycles. The van der Waals surface area contributed by atoms with Gasteiger partial charge in [0.2, 0.25) is 5.91 Å². The second kappa shape index (κ2) is 4.44. The summed E-state index contributed by atoms with van der Waals surface area (Å²) in [6.07, 6.45) is 0. The van der Waals surface area contributed by atoms with Gasteiger partial charge in [-0.1, -0.05) is 36.4 Å². The maximum Gasteiger partial charge on any atom is 0.256 e. The van der Waals surface area contributed by atoms with Gasteiger partial charge in [-0.2, -0.15) is 0 Å². The standard InChI is InChI=1S/C18H16N2O2/c1-11-17(21)20-10-12-6-3-4-7-13(12)14-8-5-9-15(16(14)20)18(22)19(11)2/h3-9,11H,10H2,1-2H3. The maximum atomic E-state index is 12.8. The molecule has 1 atom stereocenters. The summed E-state index contributed by atoms with van der Waals surface area (Å²) in [5.41, 5.74) is 4.54. The minimum absolute atomic E-state index is 0.0310. The van der Waals surface area contributed by atoms with Crippen molar-refractivity contribution in [1.29, 1.82) is 0 Å². The van der Waals surface area contributed by atoms with Crippen molar-refractivity contribution in [3.63, 3.8) is 0 Å². The van der Waals surface area contributed by atoms with Crippen LogP contribution in [0.25, 0.3) is 11.1 Å². The number of likely N-dealkylation sites (N-methyl/N-ethyl adjacent to an activating group) is 1. The minimum Gasteiger partial charge on any atom is -0.330 e. The normalized spacial score (nSPS) is 19.6. The van der Waals surface area contributed by atoms with Crippen LogP contribution in [0.5, 0.6) is 0 Å². The summed E-state index contributed by atoms with van der Waals surface area (Å²) >= 11 is 0. The largest absolute Gasteiger partial charge is 0.330 e. The van der Waals surface area contributed by atoms with Gasteiger partial charge in [0.1, 0.15) is 6.04 Å². The van der Waals surface area contributed by atoms with Crippen molar-refractivity contribution < 1.29 is 9.59 Å². The van der Waals surface area contributed by atoms with E-state index < -0.39 is 6.04 Å². The van der Waals surface area contributed by atoms with Crippen molar-refractivity contribution in [3.8, 4) is 11.1 Å². The Morgan fingerprint density at radius 1 is 0.955 bits per heavy atom. The van der Waals surface area contributed by atoms with Crippen LogP contribution in [0.3, 0.4) is 0 Å². The molecule has 0 radical (unpaired) electrons. The number of rotatable bonds is 0. The number of carbonyl (C=O) groups excluding carboxylic acids is 2. The molecule has 2 aromatic carbocycles. The first-order valence-corrected chi connectivity index (χ1v) is 7.39. The van der Waals surface area contributed by atoms with Crippen LogP contribution < -0.4 is 4.90 Å². The molecule has 0 bridgehead atoms. The van der Waals surface area contributed by atoms with Gasteiger partial charge in [0, 0.05) is 12.6 Å². The lowest BCUT2D eigenvalue weighted by Gasteiger charge is -2.32. The highest BCUT2D eigenvalue weighted by atomic mass is 16.2. The van der Waals surface area contributed by atoms with Crippen LogP contribution in [0.1, 0.15) is 22.8 Å². The number of amides is 2. The molecule has 2 aliphatic rings. The molecule has 4 nitrogen and oxygen atoms in total. The molecule has 1 unspecified atom stereocenters. The maximum absolute atomic E-state index is 12.8. The topological polar surface area (TPSA) is 40.6 Å². The lowest BCUT2D eigenvalue weighted by Crippen LogP contribution is -2.45. The third-order valence-electron chi connectivity index (χ3n) is 4.70. The summed E-state index contributed by atoms with van der Waals surface area (Å²) in [7, 11) is 1.69. The van der Waals surface area contributed by atoms with Crippen molar-refractivity contribution in [2.45, 2.75) is 19.5 Å². The van der Waals surface area contributed by atoms with E-state index in [0.29, 0.717) is 12.1 Å². The predicted molar refractivity (Wildman–Crippen MR) is 84.6 cm³/mol. The highest BCUT2D eigenvalue weighted by molar-refractivity contribution is 6.14. The lowest BCUT2D eigenvalue weighted by atomic mass is 9.91. The second-order valence-corrected chi connectivity index (χ2v) is 5.88. The van der Waals surface area contributed by atoms with Gasteiger partial charge in [-0.3, -0.25) is 9.59 Å². The van der Waals surface area contributed by atoms with E-state index >= 15 is 0 Å². The third-order valence-corrected chi connectivity index (χ3v) is 4.70. The quantitative estimate of drug-likeness (QED) is 0.749. The van der Waals surface area contributed by atoms with E-state index in [-0.39, 0.29) is 11.8 Å². The van der Waals surface area contributed by atoms with Gasteiger partial charge in [-0.25, -0.2) is 0 Å². The van der Waals surface area contributed by atoms with Crippen molar-refractivity contribution in [3.05, 3.63) is 53.6 Å². The van der Waals surface area contributed by atoms with E-state index in [1.54, 1.807) is 18.9 Å². The molecule has 2 aromatic rings. The molecular weight excluding hydrogens is 276 g/mol. The van der Waals surface area contributed by atoms with Gasteiger partial charge < -0.3 is 9.80 Å². The number of para-hydroxylation sites is 1. The van der Waals surface area contributed by atoms with E-state index in [0.717, 1.165) is 22.4 Å². The Kier molecular flexibility index (Phi) is 2.64. The average molecular weight is 292 g/mol. The van der Waals surface area contributed by atoms with Gasteiger partial charge in [-0.05, 0) is 24.1 Å². The van der Waals surface area contributed by atoms with Crippen LogP contribution in [-0.2, 0) is 11.3 Å². The number of fused-ring (bicyclic) bond motifs is 2. The van der Waals surface area contributed by atoms with Crippen LogP contribution in [0.15, 0.2) is 42.5 Å². The van der Waals surface area contributed by atoms with E-state index in [1.165, 1.54) is 4.90 Å². The van der Waals surface area contributed by atoms with Crippen molar-refractivity contribution in [2.75, 3.05) is 11.9 Å². The predicted octanol–water partition coefficient (Wildman–Crippen LogP) is 2.67. The number of anilines is 1. The summed E-state index contributed by atoms with van der Waals surface area (Å²) in [6, 6.07) is 13.3. The number of carbonyl (C=O) groups is 2. The van der Waals surface area contributed by atoms with Crippen molar-refractivity contribution >= 4 is 17.5 Å². The van der Waals surface area contributed by atoms with Crippen LogP contribution in [0, 0.1) is 0 Å². The first-order chi connectivity index (χ1) is 10.6. The molecule has 0 saturated carbocycles. The monoisotopic (exact) mass is 292 g/mol. The van der Waals surface area contributed by atoms with E-state index in [4.69, 9.17) is 0 Å². The fraction of sp³-hybridized carbons (Fsp3) is 0.222. The Bertz CT molecular complexity index is 812. The SMILES string of the molecule is CC1C(=O)N2Cc3ccccc3-c3cccc(c32)C(=O)N1C. The molecular formula is C18H16N2O2. The van der Waals surface area contributed by atoms with Crippen molar-refractivity contribution in [2.24, 2.45) is 0 Å². The van der Waals surface area contributed by atoms with Gasteiger partial charge in [0.05, 0.1) is 17.8 Å². The van der Waals surface area contributed by atoms with Gasteiger partial charge in [0.25, 0.3) is 5.91 Å². The van der Waals surface area contributed by atoms with Gasteiger partial charge in [0.15, 0.2) is 0 Å². The molecule has 4 rings (SSSR count). The molecule has 0 fully saturated rings. The number of hydrogen-bond donors (Lipinski definition) is 0. The number of benzene rings is 2. The summed E-state index contributed by atoms with van der Waals surface area (Å²) in [6.45, 7) is 2.30. The minimum atomic E-state index is -0.460. The number of hydrogen-bond acceptors (Lipinski definition) is 2. The molecule has 4 heteroatoms. The Balaban J connectivity index is 2.05. The molecule has 0 aromatic heterocycles. The summed E-state index contributed by atoms with van der Waals surface area (Å²) in [4.78, 5) is 28.8. The zero-order valence-electron chi connectivity index (χ0n) is 12.5. The zero-order chi connectivity index (χ0) is 15.4. The molecule has 22 heavy (non-hydrogen) atoms. The highest BCUT2D eigenvalue weighted by Crippen LogP contribution is 2.43. The molecule has 110 valence electrons. The van der Waals surface area contributed by atoms with Crippen molar-refractivity contribution in [1.82, 2.24) is 4.90 Å². The average Bonchev–Trinajstić information content (AvgIpc) is 2.63. The first-order valence-electron chi connectivity index (χ1n) is 7.39. The van der Waals surface area contributed by atoms with Crippen LogP contribution in [0.2, 0.25) is 0 Å². The number of nitrogens with zero attached hydrogens (tertiary/aromatic N) is 2. The smallest absolute Gasteiger partial charge is 0.256 e. The first kappa shape index (κ1) is 13.1. The van der Waals surface area contributed by atoms with E-state index in [2.05, 4.69) is 6.07 Å². The zero-order valence-corrected chi connectivity index (χ0v) is 12.5. The molecule has 0 aliphatic carbocycles. The van der Waals surface area contributed by atoms with Crippen LogP contribution >= 0.6 is 0 Å². The van der Waals surface area contributed by atoms with Gasteiger partial charge in [-0.15, -0.1) is 0 Å². The van der Waals surface area contributed by atoms with E-state index in [9.17, 15) is 9.59 Å². The Morgan fingerprint density at radius 2 is 1.64 bits per heavy atom.